The highest BCUT2D eigenvalue weighted by Crippen LogP contribution is 2.50. The summed E-state index contributed by atoms with van der Waals surface area (Å²) in [6.45, 7) is 4.65. The normalized spacial score (nSPS) is 40.4. The zero-order chi connectivity index (χ0) is 19.1. The molecule has 0 radical (unpaired) electrons. The van der Waals surface area contributed by atoms with E-state index in [-0.39, 0.29) is 5.41 Å². The van der Waals surface area contributed by atoms with Crippen molar-refractivity contribution < 1.29 is 0 Å². The molecule has 3 rings (SSSR count). The molecule has 0 amide bonds. The van der Waals surface area contributed by atoms with Crippen LogP contribution in [-0.4, -0.2) is 0 Å². The number of unbranched alkanes of at least 4 members (excludes halogenated alkanes) is 2. The fraction of sp³-hybridized carbons (Fsp3) is 0.962. The molecule has 1 heteroatoms. The third kappa shape index (κ3) is 5.52. The van der Waals surface area contributed by atoms with Crippen LogP contribution in [0.4, 0.5) is 0 Å². The van der Waals surface area contributed by atoms with E-state index in [1.807, 2.05) is 0 Å². The van der Waals surface area contributed by atoms with Crippen molar-refractivity contribution in [3.63, 3.8) is 0 Å². The van der Waals surface area contributed by atoms with E-state index >= 15 is 0 Å². The Morgan fingerprint density at radius 3 is 1.93 bits per heavy atom. The molecule has 0 bridgehead atoms. The lowest BCUT2D eigenvalue weighted by Crippen LogP contribution is -2.34. The molecule has 0 heterocycles. The lowest BCUT2D eigenvalue weighted by molar-refractivity contribution is 0.0817. The van der Waals surface area contributed by atoms with Crippen molar-refractivity contribution in [2.45, 2.75) is 123 Å². The Morgan fingerprint density at radius 1 is 0.778 bits per heavy atom. The Labute approximate surface area is 169 Å². The van der Waals surface area contributed by atoms with Gasteiger partial charge in [0.2, 0.25) is 0 Å². The van der Waals surface area contributed by atoms with Crippen LogP contribution in [0.3, 0.4) is 0 Å². The standard InChI is InChI=1S/C26H45N/c1-3-5-6-17-26(20-27)18-7-8-25(19-26)24-15-13-23(14-16-24)22-11-9-21(4-2)10-12-22/h21-25H,3-19H2,1-2H3/t21-,22-,23-,24-,25?,26?. The first kappa shape index (κ1) is 21.2. The second-order valence-corrected chi connectivity index (χ2v) is 10.6. The highest BCUT2D eigenvalue weighted by atomic mass is 14.5. The van der Waals surface area contributed by atoms with Crippen LogP contribution < -0.4 is 0 Å². The van der Waals surface area contributed by atoms with Crippen LogP contribution >= 0.6 is 0 Å². The molecule has 0 saturated heterocycles. The van der Waals surface area contributed by atoms with Gasteiger partial charge in [-0.25, -0.2) is 0 Å². The molecule has 2 unspecified atom stereocenters. The minimum atomic E-state index is 0.0352. The van der Waals surface area contributed by atoms with Crippen LogP contribution in [0, 0.1) is 46.3 Å². The highest BCUT2D eigenvalue weighted by molar-refractivity contribution is 5.03. The van der Waals surface area contributed by atoms with Gasteiger partial charge in [0.15, 0.2) is 0 Å². The largest absolute Gasteiger partial charge is 0.198 e. The monoisotopic (exact) mass is 371 g/mol. The van der Waals surface area contributed by atoms with Gasteiger partial charge in [0.05, 0.1) is 11.5 Å². The first-order valence-electron chi connectivity index (χ1n) is 12.6. The summed E-state index contributed by atoms with van der Waals surface area (Å²) in [4.78, 5) is 0. The Balaban J connectivity index is 1.47. The van der Waals surface area contributed by atoms with E-state index in [1.165, 1.54) is 109 Å². The van der Waals surface area contributed by atoms with E-state index in [0.717, 1.165) is 29.6 Å². The average molecular weight is 372 g/mol. The summed E-state index contributed by atoms with van der Waals surface area (Å²) >= 11 is 0. The molecule has 3 aliphatic carbocycles. The second kappa shape index (κ2) is 10.3. The van der Waals surface area contributed by atoms with Gasteiger partial charge in [0.1, 0.15) is 0 Å². The predicted octanol–water partition coefficient (Wildman–Crippen LogP) is 8.29. The molecule has 154 valence electrons. The molecule has 3 fully saturated rings. The SMILES string of the molecule is CCCCCC1(C#N)CCCC([C@H]2CC[C@H]([C@H]3CC[C@H](CC)CC3)CC2)C1. The van der Waals surface area contributed by atoms with E-state index in [2.05, 4.69) is 19.9 Å². The fourth-order valence-corrected chi connectivity index (χ4v) is 7.06. The van der Waals surface area contributed by atoms with Crippen LogP contribution in [0.15, 0.2) is 0 Å². The van der Waals surface area contributed by atoms with Crippen molar-refractivity contribution in [2.24, 2.45) is 35.0 Å². The smallest absolute Gasteiger partial charge is 0.0689 e. The minimum Gasteiger partial charge on any atom is -0.198 e. The number of nitrogens with zero attached hydrogens (tertiary/aromatic N) is 1. The topological polar surface area (TPSA) is 23.8 Å². The van der Waals surface area contributed by atoms with Gasteiger partial charge in [-0.3, -0.25) is 0 Å². The van der Waals surface area contributed by atoms with E-state index in [9.17, 15) is 5.26 Å². The summed E-state index contributed by atoms with van der Waals surface area (Å²) in [6, 6.07) is 2.82. The van der Waals surface area contributed by atoms with Crippen molar-refractivity contribution in [1.82, 2.24) is 0 Å². The summed E-state index contributed by atoms with van der Waals surface area (Å²) in [5.41, 5.74) is 0.0352. The number of hydrogen-bond acceptors (Lipinski definition) is 1. The van der Waals surface area contributed by atoms with Gasteiger partial charge in [-0.05, 0) is 87.4 Å². The molecule has 27 heavy (non-hydrogen) atoms. The van der Waals surface area contributed by atoms with Gasteiger partial charge in [-0.1, -0.05) is 65.2 Å². The highest BCUT2D eigenvalue weighted by Gasteiger charge is 2.40. The zero-order valence-electron chi connectivity index (χ0n) is 18.4. The molecule has 2 atom stereocenters. The number of rotatable bonds is 7. The second-order valence-electron chi connectivity index (χ2n) is 10.6. The van der Waals surface area contributed by atoms with Crippen molar-refractivity contribution in [3.8, 4) is 6.07 Å². The van der Waals surface area contributed by atoms with Crippen LogP contribution in [0.25, 0.3) is 0 Å². The lowest BCUT2D eigenvalue weighted by atomic mass is 9.61. The molecule has 3 saturated carbocycles. The summed E-state index contributed by atoms with van der Waals surface area (Å²) in [5.74, 6) is 4.91. The van der Waals surface area contributed by atoms with Crippen LogP contribution in [0.1, 0.15) is 123 Å². The molecular weight excluding hydrogens is 326 g/mol. The van der Waals surface area contributed by atoms with Crippen LogP contribution in [0.2, 0.25) is 0 Å². The Kier molecular flexibility index (Phi) is 8.10. The first-order chi connectivity index (χ1) is 13.2. The van der Waals surface area contributed by atoms with E-state index < -0.39 is 0 Å². The third-order valence-corrected chi connectivity index (χ3v) is 9.00. The summed E-state index contributed by atoms with van der Waals surface area (Å²) in [7, 11) is 0. The molecular formula is C26H45N. The number of hydrogen-bond donors (Lipinski definition) is 0. The van der Waals surface area contributed by atoms with Crippen molar-refractivity contribution in [3.05, 3.63) is 0 Å². The quantitative estimate of drug-likeness (QED) is 0.413. The minimum absolute atomic E-state index is 0.0352. The summed E-state index contributed by atoms with van der Waals surface area (Å²) in [5, 5.41) is 9.96. The molecule has 0 spiro atoms. The van der Waals surface area contributed by atoms with Gasteiger partial charge in [0, 0.05) is 0 Å². The maximum atomic E-state index is 9.96. The van der Waals surface area contributed by atoms with Gasteiger partial charge < -0.3 is 0 Å². The molecule has 0 aromatic rings. The Morgan fingerprint density at radius 2 is 1.37 bits per heavy atom. The fourth-order valence-electron chi connectivity index (χ4n) is 7.06. The molecule has 0 aromatic heterocycles. The molecule has 0 aliphatic heterocycles. The lowest BCUT2D eigenvalue weighted by Gasteiger charge is -2.43. The molecule has 0 aromatic carbocycles. The Bertz CT molecular complexity index is 461. The number of nitriles is 1. The third-order valence-electron chi connectivity index (χ3n) is 9.00. The Hall–Kier alpha value is -0.510. The average Bonchev–Trinajstić information content (AvgIpc) is 2.74. The maximum absolute atomic E-state index is 9.96. The molecule has 3 aliphatic rings. The van der Waals surface area contributed by atoms with Crippen LogP contribution in [-0.2, 0) is 0 Å². The first-order valence-corrected chi connectivity index (χ1v) is 12.6. The van der Waals surface area contributed by atoms with Gasteiger partial charge in [-0.2, -0.15) is 5.26 Å². The van der Waals surface area contributed by atoms with E-state index in [0.29, 0.717) is 0 Å². The van der Waals surface area contributed by atoms with Crippen molar-refractivity contribution in [1.29, 1.82) is 5.26 Å². The van der Waals surface area contributed by atoms with E-state index in [1.54, 1.807) is 0 Å². The van der Waals surface area contributed by atoms with Crippen LogP contribution in [0.5, 0.6) is 0 Å². The summed E-state index contributed by atoms with van der Waals surface area (Å²) < 4.78 is 0. The summed E-state index contributed by atoms with van der Waals surface area (Å²) in [6.07, 6.45) is 23.5. The van der Waals surface area contributed by atoms with Crippen molar-refractivity contribution >= 4 is 0 Å². The van der Waals surface area contributed by atoms with Gasteiger partial charge in [0.25, 0.3) is 0 Å². The van der Waals surface area contributed by atoms with Gasteiger partial charge in [-0.15, -0.1) is 0 Å². The van der Waals surface area contributed by atoms with E-state index in [4.69, 9.17) is 0 Å². The molecule has 1 nitrogen and oxygen atoms in total. The maximum Gasteiger partial charge on any atom is 0.0689 e. The zero-order valence-corrected chi connectivity index (χ0v) is 18.4. The van der Waals surface area contributed by atoms with Crippen molar-refractivity contribution in [2.75, 3.05) is 0 Å². The molecule has 0 N–H and O–H groups in total. The predicted molar refractivity (Wildman–Crippen MR) is 115 cm³/mol. The van der Waals surface area contributed by atoms with Gasteiger partial charge >= 0.3 is 0 Å².